The van der Waals surface area contributed by atoms with Crippen LogP contribution in [0.3, 0.4) is 0 Å². The fourth-order valence-corrected chi connectivity index (χ4v) is 1.79. The molecule has 0 radical (unpaired) electrons. The average Bonchev–Trinajstić information content (AvgIpc) is 2.34. The predicted molar refractivity (Wildman–Crippen MR) is 85.0 cm³/mol. The van der Waals surface area contributed by atoms with Gasteiger partial charge in [-0.25, -0.2) is 4.79 Å². The lowest BCUT2D eigenvalue weighted by molar-refractivity contribution is 0.0258. The van der Waals surface area contributed by atoms with Gasteiger partial charge >= 0.3 is 6.09 Å². The summed E-state index contributed by atoms with van der Waals surface area (Å²) in [5, 5.41) is 3.46. The van der Waals surface area contributed by atoms with Crippen molar-refractivity contribution in [2.45, 2.75) is 65.5 Å². The van der Waals surface area contributed by atoms with Crippen LogP contribution in [0.4, 0.5) is 4.79 Å². The summed E-state index contributed by atoms with van der Waals surface area (Å²) in [7, 11) is 0. The first-order valence-electron chi connectivity index (χ1n) is 7.62. The number of ether oxygens (including phenoxy) is 1. The van der Waals surface area contributed by atoms with Gasteiger partial charge in [-0.1, -0.05) is 6.08 Å². The van der Waals surface area contributed by atoms with Crippen molar-refractivity contribution in [2.75, 3.05) is 19.6 Å². The van der Waals surface area contributed by atoms with Crippen molar-refractivity contribution in [2.24, 2.45) is 0 Å². The van der Waals surface area contributed by atoms with Crippen molar-refractivity contribution < 1.29 is 9.53 Å². The molecule has 4 nitrogen and oxygen atoms in total. The number of nitrogens with one attached hydrogen (secondary N) is 1. The van der Waals surface area contributed by atoms with Gasteiger partial charge in [0.25, 0.3) is 0 Å². The molecule has 0 aliphatic rings. The number of hydrogen-bond donors (Lipinski definition) is 1. The second kappa shape index (κ2) is 9.81. The van der Waals surface area contributed by atoms with E-state index >= 15 is 0 Å². The largest absolute Gasteiger partial charge is 0.444 e. The highest BCUT2D eigenvalue weighted by Crippen LogP contribution is 2.10. The smallest absolute Gasteiger partial charge is 0.410 e. The zero-order valence-electron chi connectivity index (χ0n) is 13.9. The number of amides is 1. The summed E-state index contributed by atoms with van der Waals surface area (Å²) in [5.74, 6) is 0. The van der Waals surface area contributed by atoms with Crippen molar-refractivity contribution in [3.8, 4) is 0 Å². The summed E-state index contributed by atoms with van der Waals surface area (Å²) < 4.78 is 5.38. The lowest BCUT2D eigenvalue weighted by Crippen LogP contribution is -2.38. The van der Waals surface area contributed by atoms with E-state index in [2.05, 4.69) is 18.8 Å². The van der Waals surface area contributed by atoms with Crippen LogP contribution >= 0.6 is 0 Å². The maximum absolute atomic E-state index is 11.9. The van der Waals surface area contributed by atoms with Crippen LogP contribution in [0.5, 0.6) is 0 Å². The van der Waals surface area contributed by atoms with Crippen molar-refractivity contribution in [3.05, 3.63) is 12.7 Å². The van der Waals surface area contributed by atoms with Crippen molar-refractivity contribution >= 4 is 6.09 Å². The molecule has 0 aromatic carbocycles. The molecule has 0 saturated heterocycles. The van der Waals surface area contributed by atoms with Crippen LogP contribution in [0.25, 0.3) is 0 Å². The molecule has 1 unspecified atom stereocenters. The molecular formula is C16H32N2O2. The molecule has 0 heterocycles. The molecule has 0 saturated carbocycles. The molecule has 1 amide bonds. The van der Waals surface area contributed by atoms with Gasteiger partial charge in [-0.05, 0) is 60.4 Å². The lowest BCUT2D eigenvalue weighted by atomic mass is 10.2. The molecule has 0 fully saturated rings. The van der Waals surface area contributed by atoms with Crippen LogP contribution in [0.2, 0.25) is 0 Å². The van der Waals surface area contributed by atoms with Crippen LogP contribution in [-0.2, 0) is 4.74 Å². The van der Waals surface area contributed by atoms with Gasteiger partial charge in [0.05, 0.1) is 0 Å². The van der Waals surface area contributed by atoms with Gasteiger partial charge in [-0.3, -0.25) is 0 Å². The van der Waals surface area contributed by atoms with Crippen LogP contribution in [-0.4, -0.2) is 42.3 Å². The van der Waals surface area contributed by atoms with Crippen LogP contribution < -0.4 is 5.32 Å². The number of carbonyl (C=O) groups is 1. The highest BCUT2D eigenvalue weighted by molar-refractivity contribution is 5.68. The normalized spacial score (nSPS) is 12.8. The maximum Gasteiger partial charge on any atom is 0.410 e. The molecule has 0 spiro atoms. The third-order valence-electron chi connectivity index (χ3n) is 2.93. The molecule has 0 aliphatic heterocycles. The highest BCUT2D eigenvalue weighted by Gasteiger charge is 2.20. The molecule has 0 rings (SSSR count). The fourth-order valence-electron chi connectivity index (χ4n) is 1.79. The Bertz CT molecular complexity index is 285. The summed E-state index contributed by atoms with van der Waals surface area (Å²) in [5.41, 5.74) is -0.429. The SMILES string of the molecule is C=CCCC(C)NCCCN(CC)C(=O)OC(C)(C)C. The molecule has 118 valence electrons. The number of hydrogen-bond acceptors (Lipinski definition) is 3. The third kappa shape index (κ3) is 9.84. The molecule has 1 N–H and O–H groups in total. The van der Waals surface area contributed by atoms with Crippen molar-refractivity contribution in [1.29, 1.82) is 0 Å². The second-order valence-corrected chi connectivity index (χ2v) is 6.13. The molecule has 20 heavy (non-hydrogen) atoms. The van der Waals surface area contributed by atoms with E-state index in [1.165, 1.54) is 0 Å². The third-order valence-corrected chi connectivity index (χ3v) is 2.93. The van der Waals surface area contributed by atoms with Crippen LogP contribution in [0.15, 0.2) is 12.7 Å². The first kappa shape index (κ1) is 19.0. The number of allylic oxidation sites excluding steroid dienone is 1. The maximum atomic E-state index is 11.9. The Morgan fingerprint density at radius 3 is 2.60 bits per heavy atom. The Hall–Kier alpha value is -1.03. The summed E-state index contributed by atoms with van der Waals surface area (Å²) in [4.78, 5) is 13.7. The van der Waals surface area contributed by atoms with E-state index in [0.29, 0.717) is 12.6 Å². The summed E-state index contributed by atoms with van der Waals surface area (Å²) in [6.07, 6.45) is 4.80. The molecule has 1 atom stereocenters. The van der Waals surface area contributed by atoms with Gasteiger partial charge in [0.1, 0.15) is 5.60 Å². The topological polar surface area (TPSA) is 41.6 Å². The zero-order chi connectivity index (χ0) is 15.6. The minimum atomic E-state index is -0.429. The van der Waals surface area contributed by atoms with E-state index in [1.54, 1.807) is 4.90 Å². The molecule has 0 aliphatic carbocycles. The van der Waals surface area contributed by atoms with Gasteiger partial charge in [0, 0.05) is 19.1 Å². The average molecular weight is 284 g/mol. The number of rotatable bonds is 9. The van der Waals surface area contributed by atoms with E-state index in [0.717, 1.165) is 32.4 Å². The Kier molecular flexibility index (Phi) is 9.30. The quantitative estimate of drug-likeness (QED) is 0.520. The molecule has 0 bridgehead atoms. The van der Waals surface area contributed by atoms with Gasteiger partial charge in [-0.15, -0.1) is 6.58 Å². The predicted octanol–water partition coefficient (Wildman–Crippen LogP) is 3.58. The van der Waals surface area contributed by atoms with Crippen molar-refractivity contribution in [1.82, 2.24) is 10.2 Å². The van der Waals surface area contributed by atoms with Gasteiger partial charge in [0.2, 0.25) is 0 Å². The molecular weight excluding hydrogens is 252 g/mol. The number of carbonyl (C=O) groups excluding carboxylic acids is 1. The number of nitrogens with zero attached hydrogens (tertiary/aromatic N) is 1. The van der Waals surface area contributed by atoms with Gasteiger partial charge in [-0.2, -0.15) is 0 Å². The van der Waals surface area contributed by atoms with Crippen LogP contribution in [0.1, 0.15) is 53.9 Å². The fraction of sp³-hybridized carbons (Fsp3) is 0.812. The molecule has 0 aromatic heterocycles. The Labute approximate surface area is 124 Å². The van der Waals surface area contributed by atoms with Gasteiger partial charge in [0.15, 0.2) is 0 Å². The lowest BCUT2D eigenvalue weighted by Gasteiger charge is -2.26. The molecule has 0 aromatic rings. The Morgan fingerprint density at radius 1 is 1.45 bits per heavy atom. The highest BCUT2D eigenvalue weighted by atomic mass is 16.6. The van der Waals surface area contributed by atoms with E-state index in [1.807, 2.05) is 33.8 Å². The van der Waals surface area contributed by atoms with E-state index in [9.17, 15) is 4.79 Å². The van der Waals surface area contributed by atoms with E-state index in [4.69, 9.17) is 4.74 Å². The molecule has 4 heteroatoms. The summed E-state index contributed by atoms with van der Waals surface area (Å²) in [6, 6.07) is 0.490. The van der Waals surface area contributed by atoms with Crippen LogP contribution in [0, 0.1) is 0 Å². The summed E-state index contributed by atoms with van der Waals surface area (Å²) >= 11 is 0. The van der Waals surface area contributed by atoms with Crippen molar-refractivity contribution in [3.63, 3.8) is 0 Å². The minimum absolute atomic E-state index is 0.222. The first-order chi connectivity index (χ1) is 9.30. The van der Waals surface area contributed by atoms with E-state index in [-0.39, 0.29) is 6.09 Å². The second-order valence-electron chi connectivity index (χ2n) is 6.13. The standard InChI is InChI=1S/C16H32N2O2/c1-7-9-11-14(3)17-12-10-13-18(8-2)15(19)20-16(4,5)6/h7,14,17H,1,8-13H2,2-6H3. The monoisotopic (exact) mass is 284 g/mol. The van der Waals surface area contributed by atoms with E-state index < -0.39 is 5.60 Å². The summed E-state index contributed by atoms with van der Waals surface area (Å²) in [6.45, 7) is 15.9. The first-order valence-corrected chi connectivity index (χ1v) is 7.62. The zero-order valence-corrected chi connectivity index (χ0v) is 13.9. The minimum Gasteiger partial charge on any atom is -0.444 e. The Morgan fingerprint density at radius 2 is 2.10 bits per heavy atom. The van der Waals surface area contributed by atoms with Gasteiger partial charge < -0.3 is 15.0 Å². The Balaban J connectivity index is 3.90.